The molecule has 82 valence electrons. The third-order valence-electron chi connectivity index (χ3n) is 2.72. The third kappa shape index (κ3) is 2.98. The largest absolute Gasteiger partial charge is 0.339 e. The lowest BCUT2D eigenvalue weighted by Crippen LogP contribution is -2.41. The minimum atomic E-state index is 0.316. The predicted octanol–water partition coefficient (Wildman–Crippen LogP) is 1.24. The molecule has 1 aliphatic heterocycles. The van der Waals surface area contributed by atoms with Crippen molar-refractivity contribution in [3.05, 3.63) is 0 Å². The number of hydrogen-bond acceptors (Lipinski definition) is 2. The fourth-order valence-electron chi connectivity index (χ4n) is 2.01. The normalized spacial score (nSPS) is 21.6. The summed E-state index contributed by atoms with van der Waals surface area (Å²) in [6.07, 6.45) is 1.79. The topological polar surface area (TPSA) is 32.3 Å². The molecule has 0 radical (unpaired) electrons. The van der Waals surface area contributed by atoms with Crippen LogP contribution in [0.15, 0.2) is 0 Å². The van der Waals surface area contributed by atoms with Crippen LogP contribution in [-0.2, 0) is 4.79 Å². The Balaban J connectivity index is 2.47. The molecule has 1 atom stereocenters. The van der Waals surface area contributed by atoms with Crippen molar-refractivity contribution in [1.29, 1.82) is 0 Å². The molecule has 1 aliphatic rings. The molecule has 0 spiro atoms. The van der Waals surface area contributed by atoms with Crippen LogP contribution in [0.25, 0.3) is 0 Å². The van der Waals surface area contributed by atoms with Crippen LogP contribution in [0.4, 0.5) is 0 Å². The zero-order valence-corrected chi connectivity index (χ0v) is 9.55. The Hall–Kier alpha value is -0.570. The molecule has 1 amide bonds. The van der Waals surface area contributed by atoms with E-state index in [1.807, 2.05) is 4.90 Å². The van der Waals surface area contributed by atoms with Gasteiger partial charge in [-0.15, -0.1) is 0 Å². The molecule has 1 saturated heterocycles. The van der Waals surface area contributed by atoms with E-state index in [1.54, 1.807) is 0 Å². The van der Waals surface area contributed by atoms with Crippen LogP contribution in [0.1, 0.15) is 33.6 Å². The van der Waals surface area contributed by atoms with E-state index in [4.69, 9.17) is 0 Å². The molecule has 1 fully saturated rings. The van der Waals surface area contributed by atoms with Gasteiger partial charge in [0.05, 0.1) is 0 Å². The summed E-state index contributed by atoms with van der Waals surface area (Å²) in [5.41, 5.74) is 0. The van der Waals surface area contributed by atoms with Gasteiger partial charge >= 0.3 is 0 Å². The second-order valence-electron chi connectivity index (χ2n) is 4.42. The van der Waals surface area contributed by atoms with Crippen molar-refractivity contribution in [2.75, 3.05) is 19.6 Å². The van der Waals surface area contributed by atoms with Gasteiger partial charge in [-0.05, 0) is 25.8 Å². The minimum Gasteiger partial charge on any atom is -0.339 e. The molecule has 0 aromatic heterocycles. The molecule has 0 aromatic rings. The average molecular weight is 198 g/mol. The van der Waals surface area contributed by atoms with Gasteiger partial charge in [-0.25, -0.2) is 0 Å². The smallest absolute Gasteiger partial charge is 0.223 e. The summed E-state index contributed by atoms with van der Waals surface area (Å²) >= 11 is 0. The van der Waals surface area contributed by atoms with Gasteiger partial charge in [-0.1, -0.05) is 13.8 Å². The molecule has 0 aliphatic carbocycles. The Labute approximate surface area is 86.9 Å². The summed E-state index contributed by atoms with van der Waals surface area (Å²) < 4.78 is 0. The Morgan fingerprint density at radius 1 is 1.57 bits per heavy atom. The molecule has 0 bridgehead atoms. The Morgan fingerprint density at radius 3 is 2.71 bits per heavy atom. The lowest BCUT2D eigenvalue weighted by Gasteiger charge is -2.27. The lowest BCUT2D eigenvalue weighted by atomic mass is 10.1. The van der Waals surface area contributed by atoms with Gasteiger partial charge in [0.25, 0.3) is 0 Å². The number of hydrogen-bond donors (Lipinski definition) is 1. The lowest BCUT2D eigenvalue weighted by molar-refractivity contribution is -0.133. The highest BCUT2D eigenvalue weighted by molar-refractivity contribution is 5.76. The van der Waals surface area contributed by atoms with Gasteiger partial charge in [0.2, 0.25) is 5.91 Å². The molecule has 14 heavy (non-hydrogen) atoms. The quantitative estimate of drug-likeness (QED) is 0.737. The van der Waals surface area contributed by atoms with E-state index >= 15 is 0 Å². The fraction of sp³-hybridized carbons (Fsp3) is 0.909. The fourth-order valence-corrected chi connectivity index (χ4v) is 2.01. The molecule has 0 saturated carbocycles. The van der Waals surface area contributed by atoms with Crippen LogP contribution in [0.3, 0.4) is 0 Å². The van der Waals surface area contributed by atoms with Crippen molar-refractivity contribution in [2.45, 2.75) is 39.7 Å². The van der Waals surface area contributed by atoms with E-state index in [0.717, 1.165) is 26.1 Å². The van der Waals surface area contributed by atoms with Crippen LogP contribution in [0, 0.1) is 5.92 Å². The van der Waals surface area contributed by atoms with Crippen molar-refractivity contribution >= 4 is 5.91 Å². The van der Waals surface area contributed by atoms with Gasteiger partial charge in [0, 0.05) is 25.6 Å². The number of carbonyl (C=O) groups is 1. The van der Waals surface area contributed by atoms with Crippen LogP contribution >= 0.6 is 0 Å². The molecular weight excluding hydrogens is 176 g/mol. The van der Waals surface area contributed by atoms with Crippen molar-refractivity contribution in [3.63, 3.8) is 0 Å². The summed E-state index contributed by atoms with van der Waals surface area (Å²) in [6, 6.07) is 0.436. The number of nitrogens with one attached hydrogen (secondary N) is 1. The molecule has 1 rings (SSSR count). The highest BCUT2D eigenvalue weighted by atomic mass is 16.2. The van der Waals surface area contributed by atoms with E-state index in [0.29, 0.717) is 24.3 Å². The highest BCUT2D eigenvalue weighted by Crippen LogP contribution is 2.12. The van der Waals surface area contributed by atoms with Gasteiger partial charge in [-0.3, -0.25) is 4.79 Å². The van der Waals surface area contributed by atoms with Crippen molar-refractivity contribution < 1.29 is 4.79 Å². The van der Waals surface area contributed by atoms with Gasteiger partial charge < -0.3 is 10.2 Å². The molecular formula is C11H22N2O. The Kier molecular flexibility index (Phi) is 4.39. The predicted molar refractivity (Wildman–Crippen MR) is 58.1 cm³/mol. The standard InChI is InChI=1S/C11H22N2O/c1-4-13(10-5-6-12-8-10)11(14)7-9(2)3/h9-10,12H,4-8H2,1-3H3. The number of likely N-dealkylation sites (N-methyl/N-ethyl adjacent to an activating group) is 1. The van der Waals surface area contributed by atoms with E-state index in [1.165, 1.54) is 0 Å². The summed E-state index contributed by atoms with van der Waals surface area (Å²) in [6.45, 7) is 9.12. The van der Waals surface area contributed by atoms with Crippen molar-refractivity contribution in [3.8, 4) is 0 Å². The molecule has 1 heterocycles. The summed E-state index contributed by atoms with van der Waals surface area (Å²) in [5.74, 6) is 0.780. The number of nitrogens with zero attached hydrogens (tertiary/aromatic N) is 1. The van der Waals surface area contributed by atoms with Gasteiger partial charge in [0.1, 0.15) is 0 Å². The summed E-state index contributed by atoms with van der Waals surface area (Å²) in [7, 11) is 0. The first-order chi connectivity index (χ1) is 6.65. The van der Waals surface area contributed by atoms with Crippen LogP contribution < -0.4 is 5.32 Å². The second kappa shape index (κ2) is 5.35. The van der Waals surface area contributed by atoms with Crippen molar-refractivity contribution in [1.82, 2.24) is 10.2 Å². The first-order valence-electron chi connectivity index (χ1n) is 5.65. The molecule has 3 heteroatoms. The van der Waals surface area contributed by atoms with E-state index in [-0.39, 0.29) is 0 Å². The highest BCUT2D eigenvalue weighted by Gasteiger charge is 2.25. The van der Waals surface area contributed by atoms with E-state index in [2.05, 4.69) is 26.1 Å². The maximum atomic E-state index is 11.9. The zero-order valence-electron chi connectivity index (χ0n) is 9.55. The maximum absolute atomic E-state index is 11.9. The number of rotatable bonds is 4. The monoisotopic (exact) mass is 198 g/mol. The molecule has 3 nitrogen and oxygen atoms in total. The zero-order chi connectivity index (χ0) is 10.6. The molecule has 1 unspecified atom stereocenters. The van der Waals surface area contributed by atoms with Crippen molar-refractivity contribution in [2.24, 2.45) is 5.92 Å². The Bertz CT molecular complexity index is 186. The Morgan fingerprint density at radius 2 is 2.29 bits per heavy atom. The van der Waals surface area contributed by atoms with E-state index < -0.39 is 0 Å². The van der Waals surface area contributed by atoms with Gasteiger partial charge in [0.15, 0.2) is 0 Å². The first-order valence-corrected chi connectivity index (χ1v) is 5.65. The van der Waals surface area contributed by atoms with Gasteiger partial charge in [-0.2, -0.15) is 0 Å². The minimum absolute atomic E-state index is 0.316. The second-order valence-corrected chi connectivity index (χ2v) is 4.42. The van der Waals surface area contributed by atoms with E-state index in [9.17, 15) is 4.79 Å². The van der Waals surface area contributed by atoms with Crippen LogP contribution in [0.2, 0.25) is 0 Å². The molecule has 1 N–H and O–H groups in total. The third-order valence-corrected chi connectivity index (χ3v) is 2.72. The van der Waals surface area contributed by atoms with Crippen LogP contribution in [-0.4, -0.2) is 36.5 Å². The SMILES string of the molecule is CCN(C(=O)CC(C)C)C1CCNC1. The average Bonchev–Trinajstić information content (AvgIpc) is 2.57. The first kappa shape index (κ1) is 11.5. The summed E-state index contributed by atoms with van der Waals surface area (Å²) in [5, 5.41) is 3.30. The number of carbonyl (C=O) groups excluding carboxylic acids is 1. The van der Waals surface area contributed by atoms with Crippen LogP contribution in [0.5, 0.6) is 0 Å². The number of amides is 1. The summed E-state index contributed by atoms with van der Waals surface area (Å²) in [4.78, 5) is 13.9. The molecule has 0 aromatic carbocycles. The maximum Gasteiger partial charge on any atom is 0.223 e.